The lowest BCUT2D eigenvalue weighted by atomic mass is 10.1. The van der Waals surface area contributed by atoms with E-state index in [1.54, 1.807) is 4.90 Å². The van der Waals surface area contributed by atoms with Crippen molar-refractivity contribution in [2.24, 2.45) is 11.7 Å². The normalized spacial score (nSPS) is 22.7. The van der Waals surface area contributed by atoms with Gasteiger partial charge in [0.05, 0.1) is 0 Å². The number of aromatic nitrogens is 3. The molecule has 6 nitrogen and oxygen atoms in total. The van der Waals surface area contributed by atoms with Crippen LogP contribution in [0.5, 0.6) is 0 Å². The Labute approximate surface area is 78.9 Å². The number of carbonyl (C=O) groups is 1. The maximum Gasteiger partial charge on any atom is 0.234 e. The number of carbonyl (C=O) groups excluding carboxylic acids is 1. The molecule has 13 heavy (non-hydrogen) atoms. The molecule has 0 radical (unpaired) electrons. The molecule has 0 aliphatic carbocycles. The molecular formula is C6H9N5OS. The summed E-state index contributed by atoms with van der Waals surface area (Å²) in [6.07, 6.45) is 0.510. The second-order valence-electron chi connectivity index (χ2n) is 2.96. The Hall–Kier alpha value is -1.08. The monoisotopic (exact) mass is 199 g/mol. The molecule has 0 bridgehead atoms. The smallest absolute Gasteiger partial charge is 0.234 e. The van der Waals surface area contributed by atoms with Gasteiger partial charge in [0, 0.05) is 24.5 Å². The van der Waals surface area contributed by atoms with Gasteiger partial charge in [0.15, 0.2) is 0 Å². The molecule has 0 saturated carbocycles. The van der Waals surface area contributed by atoms with Gasteiger partial charge in [0.1, 0.15) is 0 Å². The van der Waals surface area contributed by atoms with E-state index in [1.807, 2.05) is 0 Å². The fraction of sp³-hybridized carbons (Fsp3) is 0.667. The third-order valence-electron chi connectivity index (χ3n) is 2.06. The van der Waals surface area contributed by atoms with E-state index in [4.69, 9.17) is 5.73 Å². The Morgan fingerprint density at radius 1 is 1.69 bits per heavy atom. The highest BCUT2D eigenvalue weighted by molar-refractivity contribution is 7.09. The van der Waals surface area contributed by atoms with E-state index in [0.717, 1.165) is 11.5 Å². The van der Waals surface area contributed by atoms with Crippen molar-refractivity contribution in [2.45, 2.75) is 6.42 Å². The maximum absolute atomic E-state index is 11.4. The molecule has 70 valence electrons. The van der Waals surface area contributed by atoms with Crippen molar-refractivity contribution < 1.29 is 4.79 Å². The van der Waals surface area contributed by atoms with Crippen LogP contribution in [-0.2, 0) is 4.79 Å². The molecule has 1 atom stereocenters. The zero-order valence-electron chi connectivity index (χ0n) is 6.88. The summed E-state index contributed by atoms with van der Waals surface area (Å²) in [7, 11) is 0. The SMILES string of the molecule is NCC1CC(=O)N(c2nnns2)C1. The number of amides is 1. The molecule has 1 aromatic heterocycles. The first-order valence-electron chi connectivity index (χ1n) is 3.96. The van der Waals surface area contributed by atoms with Crippen LogP contribution in [0.4, 0.5) is 5.13 Å². The number of rotatable bonds is 2. The van der Waals surface area contributed by atoms with Crippen molar-refractivity contribution in [3.8, 4) is 0 Å². The van der Waals surface area contributed by atoms with Crippen molar-refractivity contribution in [3.63, 3.8) is 0 Å². The molecule has 2 heterocycles. The van der Waals surface area contributed by atoms with Gasteiger partial charge in [0.2, 0.25) is 11.0 Å². The van der Waals surface area contributed by atoms with Crippen LogP contribution < -0.4 is 10.6 Å². The summed E-state index contributed by atoms with van der Waals surface area (Å²) in [6.45, 7) is 1.18. The van der Waals surface area contributed by atoms with Crippen molar-refractivity contribution >= 4 is 22.6 Å². The fourth-order valence-corrected chi connectivity index (χ4v) is 1.85. The average molecular weight is 199 g/mol. The van der Waals surface area contributed by atoms with Gasteiger partial charge in [-0.05, 0) is 17.7 Å². The summed E-state index contributed by atoms with van der Waals surface area (Å²) in [5, 5.41) is 7.75. The summed E-state index contributed by atoms with van der Waals surface area (Å²) in [5.41, 5.74) is 5.48. The predicted octanol–water partition coefficient (Wildman–Crippen LogP) is -0.755. The van der Waals surface area contributed by atoms with E-state index in [9.17, 15) is 4.79 Å². The third kappa shape index (κ3) is 1.52. The highest BCUT2D eigenvalue weighted by Gasteiger charge is 2.31. The van der Waals surface area contributed by atoms with Crippen LogP contribution in [-0.4, -0.2) is 33.8 Å². The third-order valence-corrected chi connectivity index (χ3v) is 2.68. The lowest BCUT2D eigenvalue weighted by Crippen LogP contribution is -2.25. The Bertz CT molecular complexity index is 300. The first-order valence-corrected chi connectivity index (χ1v) is 4.74. The highest BCUT2D eigenvalue weighted by atomic mass is 32.1. The topological polar surface area (TPSA) is 85.0 Å². The standard InChI is InChI=1S/C6H9N5OS/c7-2-4-1-5(12)11(3-4)6-8-9-10-13-6/h4H,1-3,7H2. The zero-order chi connectivity index (χ0) is 9.26. The van der Waals surface area contributed by atoms with Crippen LogP contribution >= 0.6 is 11.5 Å². The largest absolute Gasteiger partial charge is 0.330 e. The molecule has 0 aromatic carbocycles. The van der Waals surface area contributed by atoms with Gasteiger partial charge in [-0.1, -0.05) is 9.59 Å². The summed E-state index contributed by atoms with van der Waals surface area (Å²) in [6, 6.07) is 0. The Balaban J connectivity index is 2.14. The molecule has 1 aromatic rings. The predicted molar refractivity (Wildman–Crippen MR) is 47.2 cm³/mol. The molecule has 7 heteroatoms. The lowest BCUT2D eigenvalue weighted by molar-refractivity contribution is -0.117. The van der Waals surface area contributed by atoms with Gasteiger partial charge >= 0.3 is 0 Å². The number of nitrogens with zero attached hydrogens (tertiary/aromatic N) is 4. The molecule has 0 spiro atoms. The van der Waals surface area contributed by atoms with Gasteiger partial charge in [-0.2, -0.15) is 0 Å². The fourth-order valence-electron chi connectivity index (χ4n) is 1.36. The van der Waals surface area contributed by atoms with E-state index in [-0.39, 0.29) is 11.8 Å². The molecule has 1 saturated heterocycles. The summed E-state index contributed by atoms with van der Waals surface area (Å²) in [5.74, 6) is 0.311. The van der Waals surface area contributed by atoms with Crippen molar-refractivity contribution in [1.82, 2.24) is 14.8 Å². The van der Waals surface area contributed by atoms with Crippen molar-refractivity contribution in [2.75, 3.05) is 18.0 Å². The molecular weight excluding hydrogens is 190 g/mol. The minimum atomic E-state index is 0.0639. The number of hydrogen-bond donors (Lipinski definition) is 1. The lowest BCUT2D eigenvalue weighted by Gasteiger charge is -2.09. The van der Waals surface area contributed by atoms with E-state index in [1.165, 1.54) is 0 Å². The second-order valence-corrected chi connectivity index (χ2v) is 3.67. The van der Waals surface area contributed by atoms with Crippen LogP contribution in [0, 0.1) is 5.92 Å². The second kappa shape index (κ2) is 3.35. The quantitative estimate of drug-likeness (QED) is 0.677. The minimum Gasteiger partial charge on any atom is -0.330 e. The molecule has 1 amide bonds. The Morgan fingerprint density at radius 3 is 3.08 bits per heavy atom. The van der Waals surface area contributed by atoms with Crippen LogP contribution in [0.25, 0.3) is 0 Å². The van der Waals surface area contributed by atoms with Gasteiger partial charge in [-0.25, -0.2) is 0 Å². The molecule has 1 aliphatic heterocycles. The molecule has 1 unspecified atom stereocenters. The Morgan fingerprint density at radius 2 is 2.54 bits per heavy atom. The van der Waals surface area contributed by atoms with Crippen LogP contribution in [0.2, 0.25) is 0 Å². The van der Waals surface area contributed by atoms with E-state index >= 15 is 0 Å². The number of anilines is 1. The minimum absolute atomic E-state index is 0.0639. The van der Waals surface area contributed by atoms with Gasteiger partial charge in [-0.15, -0.1) is 0 Å². The summed E-state index contributed by atoms with van der Waals surface area (Å²) < 4.78 is 3.61. The summed E-state index contributed by atoms with van der Waals surface area (Å²) in [4.78, 5) is 13.0. The van der Waals surface area contributed by atoms with Crippen LogP contribution in [0.1, 0.15) is 6.42 Å². The highest BCUT2D eigenvalue weighted by Crippen LogP contribution is 2.23. The maximum atomic E-state index is 11.4. The van der Waals surface area contributed by atoms with Crippen LogP contribution in [0.15, 0.2) is 0 Å². The number of hydrogen-bond acceptors (Lipinski definition) is 6. The van der Waals surface area contributed by atoms with Gasteiger partial charge in [-0.3, -0.25) is 9.69 Å². The molecule has 1 aliphatic rings. The molecule has 2 N–H and O–H groups in total. The van der Waals surface area contributed by atoms with Crippen molar-refractivity contribution in [1.29, 1.82) is 0 Å². The van der Waals surface area contributed by atoms with E-state index in [2.05, 4.69) is 14.8 Å². The van der Waals surface area contributed by atoms with Crippen molar-refractivity contribution in [3.05, 3.63) is 0 Å². The number of nitrogens with two attached hydrogens (primary N) is 1. The first kappa shape index (κ1) is 8.52. The zero-order valence-corrected chi connectivity index (χ0v) is 7.70. The Kier molecular flexibility index (Phi) is 2.19. The van der Waals surface area contributed by atoms with Gasteiger partial charge < -0.3 is 5.73 Å². The summed E-state index contributed by atoms with van der Waals surface area (Å²) >= 11 is 1.13. The van der Waals surface area contributed by atoms with E-state index < -0.39 is 0 Å². The van der Waals surface area contributed by atoms with E-state index in [0.29, 0.717) is 24.6 Å². The molecule has 1 fully saturated rings. The van der Waals surface area contributed by atoms with Gasteiger partial charge in [0.25, 0.3) is 0 Å². The van der Waals surface area contributed by atoms with Crippen LogP contribution in [0.3, 0.4) is 0 Å². The first-order chi connectivity index (χ1) is 6.31. The molecule has 2 rings (SSSR count). The average Bonchev–Trinajstić information content (AvgIpc) is 2.72.